The fourth-order valence-electron chi connectivity index (χ4n) is 3.22. The van der Waals surface area contributed by atoms with E-state index in [0.29, 0.717) is 5.41 Å². The number of nitrogens with zero attached hydrogens (tertiary/aromatic N) is 1. The van der Waals surface area contributed by atoms with Gasteiger partial charge in [0.2, 0.25) is 0 Å². The van der Waals surface area contributed by atoms with E-state index >= 15 is 0 Å². The molecule has 1 aliphatic carbocycles. The largest absolute Gasteiger partial charge is 0.390 e. The van der Waals surface area contributed by atoms with Crippen LogP contribution in [0, 0.1) is 5.41 Å². The fourth-order valence-corrected chi connectivity index (χ4v) is 3.22. The molecule has 0 aromatic rings. The van der Waals surface area contributed by atoms with Crippen molar-refractivity contribution in [1.29, 1.82) is 0 Å². The molecule has 0 atom stereocenters. The van der Waals surface area contributed by atoms with Gasteiger partial charge in [-0.05, 0) is 44.6 Å². The van der Waals surface area contributed by atoms with Crippen LogP contribution >= 0.6 is 0 Å². The second-order valence-corrected chi connectivity index (χ2v) is 6.18. The van der Waals surface area contributed by atoms with Crippen LogP contribution in [0.3, 0.4) is 0 Å². The molecule has 2 rings (SSSR count). The van der Waals surface area contributed by atoms with Gasteiger partial charge >= 0.3 is 0 Å². The van der Waals surface area contributed by atoms with E-state index in [0.717, 1.165) is 39.0 Å². The van der Waals surface area contributed by atoms with Crippen molar-refractivity contribution in [1.82, 2.24) is 4.90 Å². The van der Waals surface area contributed by atoms with E-state index in [1.807, 2.05) is 6.92 Å². The maximum absolute atomic E-state index is 9.92. The Labute approximate surface area is 99.0 Å². The van der Waals surface area contributed by atoms with Gasteiger partial charge in [0.15, 0.2) is 0 Å². The van der Waals surface area contributed by atoms with Crippen molar-refractivity contribution in [3.8, 4) is 0 Å². The zero-order chi connectivity index (χ0) is 11.6. The molecule has 1 saturated heterocycles. The lowest BCUT2D eigenvalue weighted by molar-refractivity contribution is -0.0149. The Bertz CT molecular complexity index is 224. The molecule has 1 aliphatic heterocycles. The summed E-state index contributed by atoms with van der Waals surface area (Å²) in [4.78, 5) is 2.51. The molecule has 0 amide bonds. The lowest BCUT2D eigenvalue weighted by Gasteiger charge is -2.40. The van der Waals surface area contributed by atoms with Crippen LogP contribution < -0.4 is 5.73 Å². The van der Waals surface area contributed by atoms with Gasteiger partial charge in [-0.25, -0.2) is 0 Å². The molecular weight excluding hydrogens is 200 g/mol. The highest BCUT2D eigenvalue weighted by atomic mass is 16.3. The Morgan fingerprint density at radius 2 is 1.69 bits per heavy atom. The van der Waals surface area contributed by atoms with Gasteiger partial charge in [0.05, 0.1) is 5.60 Å². The molecule has 3 N–H and O–H groups in total. The topological polar surface area (TPSA) is 49.5 Å². The Balaban J connectivity index is 1.86. The van der Waals surface area contributed by atoms with Gasteiger partial charge < -0.3 is 15.7 Å². The van der Waals surface area contributed by atoms with Crippen LogP contribution in [0.2, 0.25) is 0 Å². The van der Waals surface area contributed by atoms with Gasteiger partial charge in [-0.3, -0.25) is 0 Å². The third kappa shape index (κ3) is 2.76. The Morgan fingerprint density at radius 1 is 1.12 bits per heavy atom. The Kier molecular flexibility index (Phi) is 3.57. The molecule has 0 aromatic carbocycles. The number of piperidine rings is 1. The predicted octanol–water partition coefficient (Wildman–Crippen LogP) is 1.35. The standard InChI is InChI=1S/C13H26N2O/c1-12(16)6-8-15(9-7-12)11-13(10-14)4-2-3-5-13/h16H,2-11,14H2,1H3. The monoisotopic (exact) mass is 226 g/mol. The molecule has 0 spiro atoms. The summed E-state index contributed by atoms with van der Waals surface area (Å²) in [5.41, 5.74) is 5.93. The van der Waals surface area contributed by atoms with Crippen LogP contribution in [0.25, 0.3) is 0 Å². The summed E-state index contributed by atoms with van der Waals surface area (Å²) in [6, 6.07) is 0. The van der Waals surface area contributed by atoms with Crippen molar-refractivity contribution in [2.75, 3.05) is 26.2 Å². The van der Waals surface area contributed by atoms with E-state index in [2.05, 4.69) is 4.90 Å². The molecule has 0 aromatic heterocycles. The maximum atomic E-state index is 9.92. The summed E-state index contributed by atoms with van der Waals surface area (Å²) < 4.78 is 0. The first-order valence-corrected chi connectivity index (χ1v) is 6.70. The molecule has 0 unspecified atom stereocenters. The second kappa shape index (κ2) is 4.63. The van der Waals surface area contributed by atoms with Gasteiger partial charge in [0, 0.05) is 19.6 Å². The van der Waals surface area contributed by atoms with Gasteiger partial charge in [-0.2, -0.15) is 0 Å². The van der Waals surface area contributed by atoms with E-state index < -0.39 is 5.60 Å². The Morgan fingerprint density at radius 3 is 2.19 bits per heavy atom. The van der Waals surface area contributed by atoms with Crippen molar-refractivity contribution in [2.24, 2.45) is 11.1 Å². The highest BCUT2D eigenvalue weighted by molar-refractivity contribution is 4.91. The molecule has 1 saturated carbocycles. The van der Waals surface area contributed by atoms with Crippen molar-refractivity contribution in [3.63, 3.8) is 0 Å². The smallest absolute Gasteiger partial charge is 0.0644 e. The second-order valence-electron chi connectivity index (χ2n) is 6.18. The summed E-state index contributed by atoms with van der Waals surface area (Å²) in [6.45, 7) is 6.02. The molecule has 2 aliphatic rings. The fraction of sp³-hybridized carbons (Fsp3) is 1.00. The Hall–Kier alpha value is -0.120. The average Bonchev–Trinajstić information content (AvgIpc) is 2.71. The number of hydrogen-bond donors (Lipinski definition) is 2. The first-order chi connectivity index (χ1) is 7.55. The number of rotatable bonds is 3. The van der Waals surface area contributed by atoms with Crippen LogP contribution in [0.15, 0.2) is 0 Å². The maximum Gasteiger partial charge on any atom is 0.0644 e. The summed E-state index contributed by atoms with van der Waals surface area (Å²) in [7, 11) is 0. The lowest BCUT2D eigenvalue weighted by atomic mass is 9.84. The van der Waals surface area contributed by atoms with Crippen LogP contribution in [-0.4, -0.2) is 41.8 Å². The summed E-state index contributed by atoms with van der Waals surface area (Å²) >= 11 is 0. The molecule has 94 valence electrons. The van der Waals surface area contributed by atoms with Gasteiger partial charge in [0.25, 0.3) is 0 Å². The predicted molar refractivity (Wildman–Crippen MR) is 66.3 cm³/mol. The van der Waals surface area contributed by atoms with Crippen molar-refractivity contribution < 1.29 is 5.11 Å². The van der Waals surface area contributed by atoms with Crippen LogP contribution in [0.4, 0.5) is 0 Å². The molecule has 16 heavy (non-hydrogen) atoms. The molecule has 0 bridgehead atoms. The first-order valence-electron chi connectivity index (χ1n) is 6.70. The zero-order valence-electron chi connectivity index (χ0n) is 10.5. The van der Waals surface area contributed by atoms with Crippen LogP contribution in [0.1, 0.15) is 45.4 Å². The molecule has 1 heterocycles. The van der Waals surface area contributed by atoms with Crippen molar-refractivity contribution in [2.45, 2.75) is 51.0 Å². The molecular formula is C13H26N2O. The highest BCUT2D eigenvalue weighted by Gasteiger charge is 2.36. The SMILES string of the molecule is CC1(O)CCN(CC2(CN)CCCC2)CC1. The van der Waals surface area contributed by atoms with Crippen molar-refractivity contribution >= 4 is 0 Å². The van der Waals surface area contributed by atoms with Crippen molar-refractivity contribution in [3.05, 3.63) is 0 Å². The molecule has 3 nitrogen and oxygen atoms in total. The van der Waals surface area contributed by atoms with Gasteiger partial charge in [-0.1, -0.05) is 12.8 Å². The minimum absolute atomic E-state index is 0.392. The van der Waals surface area contributed by atoms with E-state index in [-0.39, 0.29) is 0 Å². The van der Waals surface area contributed by atoms with E-state index in [9.17, 15) is 5.11 Å². The minimum Gasteiger partial charge on any atom is -0.390 e. The average molecular weight is 226 g/mol. The number of hydrogen-bond acceptors (Lipinski definition) is 3. The van der Waals surface area contributed by atoms with E-state index in [4.69, 9.17) is 5.73 Å². The third-order valence-electron chi connectivity index (χ3n) is 4.59. The first kappa shape index (κ1) is 12.3. The quantitative estimate of drug-likeness (QED) is 0.764. The molecule has 3 heteroatoms. The third-order valence-corrected chi connectivity index (χ3v) is 4.59. The molecule has 2 fully saturated rings. The summed E-state index contributed by atoms with van der Waals surface area (Å²) in [6.07, 6.45) is 7.12. The van der Waals surface area contributed by atoms with E-state index in [1.165, 1.54) is 25.7 Å². The van der Waals surface area contributed by atoms with Crippen LogP contribution in [0.5, 0.6) is 0 Å². The molecule has 0 radical (unpaired) electrons. The van der Waals surface area contributed by atoms with Gasteiger partial charge in [-0.15, -0.1) is 0 Å². The summed E-state index contributed by atoms with van der Waals surface area (Å²) in [5.74, 6) is 0. The number of nitrogens with two attached hydrogens (primary N) is 1. The van der Waals surface area contributed by atoms with Gasteiger partial charge in [0.1, 0.15) is 0 Å². The number of aliphatic hydroxyl groups is 1. The van der Waals surface area contributed by atoms with E-state index in [1.54, 1.807) is 0 Å². The normalized spacial score (nSPS) is 29.4. The lowest BCUT2D eigenvalue weighted by Crippen LogP contribution is -2.48. The minimum atomic E-state index is -0.429. The zero-order valence-corrected chi connectivity index (χ0v) is 10.5. The highest BCUT2D eigenvalue weighted by Crippen LogP contribution is 2.38. The summed E-state index contributed by atoms with van der Waals surface area (Å²) in [5, 5.41) is 9.92. The number of likely N-dealkylation sites (tertiary alicyclic amines) is 1. The van der Waals surface area contributed by atoms with Crippen LogP contribution in [-0.2, 0) is 0 Å².